The van der Waals surface area contributed by atoms with Gasteiger partial charge in [-0.15, -0.1) is 0 Å². The van der Waals surface area contributed by atoms with Crippen molar-refractivity contribution in [2.45, 2.75) is 67.1 Å². The highest BCUT2D eigenvalue weighted by atomic mass is 16.5. The smallest absolute Gasteiger partial charge is 0.347 e. The zero-order valence-corrected chi connectivity index (χ0v) is 23.2. The summed E-state index contributed by atoms with van der Waals surface area (Å²) in [5.74, 6) is 1.80. The number of carbonyl (C=O) groups excluding carboxylic acids is 1. The van der Waals surface area contributed by atoms with E-state index in [1.54, 1.807) is 19.2 Å². The molecular weight excluding hydrogens is 462 g/mol. The molecule has 0 atom stereocenters. The van der Waals surface area contributed by atoms with Crippen molar-refractivity contribution in [2.24, 2.45) is 0 Å². The number of nitrogens with zero attached hydrogens (tertiary/aromatic N) is 3. The Balaban J connectivity index is 1.96. The average molecular weight is 501 g/mol. The fraction of sp³-hybridized carbons (Fsp3) is 0.355. The Morgan fingerprint density at radius 3 is 2.08 bits per heavy atom. The van der Waals surface area contributed by atoms with Crippen molar-refractivity contribution in [3.05, 3.63) is 82.7 Å². The van der Waals surface area contributed by atoms with E-state index in [2.05, 4.69) is 46.8 Å². The molecule has 0 bridgehead atoms. The average Bonchev–Trinajstić information content (AvgIpc) is 3.18. The van der Waals surface area contributed by atoms with Crippen LogP contribution in [0.2, 0.25) is 0 Å². The van der Waals surface area contributed by atoms with Gasteiger partial charge in [0.05, 0.1) is 35.8 Å². The second kappa shape index (κ2) is 10.0. The molecule has 4 aromatic rings. The van der Waals surface area contributed by atoms with Gasteiger partial charge in [-0.2, -0.15) is 0 Å². The first kappa shape index (κ1) is 26.4. The predicted molar refractivity (Wildman–Crippen MR) is 149 cm³/mol. The topological polar surface area (TPSA) is 64.4 Å². The number of quaternary nitrogens is 1. The molecule has 4 rings (SSSR count). The van der Waals surface area contributed by atoms with Crippen molar-refractivity contribution in [1.82, 2.24) is 9.55 Å². The first-order valence-electron chi connectivity index (χ1n) is 12.8. The highest BCUT2D eigenvalue weighted by Gasteiger charge is 2.46. The number of ether oxygens (including phenoxy) is 1. The summed E-state index contributed by atoms with van der Waals surface area (Å²) >= 11 is 0. The first-order valence-corrected chi connectivity index (χ1v) is 12.8. The molecule has 0 saturated carbocycles. The molecule has 0 aliphatic rings. The second-order valence-corrected chi connectivity index (χ2v) is 10.6. The summed E-state index contributed by atoms with van der Waals surface area (Å²) in [7, 11) is 1.64. The molecule has 0 unspecified atom stereocenters. The van der Waals surface area contributed by atoms with E-state index in [0.29, 0.717) is 6.54 Å². The maximum absolute atomic E-state index is 14.6. The fourth-order valence-electron chi connectivity index (χ4n) is 5.70. The van der Waals surface area contributed by atoms with Gasteiger partial charge in [-0.3, -0.25) is 4.57 Å². The lowest BCUT2D eigenvalue weighted by atomic mass is 9.95. The minimum Gasteiger partial charge on any atom is -0.508 e. The van der Waals surface area contributed by atoms with Crippen LogP contribution >= 0.6 is 0 Å². The van der Waals surface area contributed by atoms with Crippen LogP contribution in [0.1, 0.15) is 60.6 Å². The van der Waals surface area contributed by atoms with E-state index in [4.69, 9.17) is 9.72 Å². The summed E-state index contributed by atoms with van der Waals surface area (Å²) in [4.78, 5) is 19.6. The Morgan fingerprint density at radius 1 is 0.946 bits per heavy atom. The lowest BCUT2D eigenvalue weighted by Crippen LogP contribution is -2.61. The van der Waals surface area contributed by atoms with Crippen LogP contribution in [0.3, 0.4) is 0 Å². The van der Waals surface area contributed by atoms with E-state index >= 15 is 0 Å². The van der Waals surface area contributed by atoms with Gasteiger partial charge in [-0.05, 0) is 96.0 Å². The van der Waals surface area contributed by atoms with E-state index in [1.807, 2.05) is 48.7 Å². The Kier molecular flexibility index (Phi) is 7.16. The van der Waals surface area contributed by atoms with Crippen molar-refractivity contribution in [2.75, 3.05) is 7.11 Å². The number of hydrogen-bond acceptors (Lipinski definition) is 4. The number of aromatic hydroxyl groups is 1. The monoisotopic (exact) mass is 500 g/mol. The molecule has 1 N–H and O–H groups in total. The van der Waals surface area contributed by atoms with Gasteiger partial charge in [0.15, 0.2) is 5.82 Å². The molecule has 6 heteroatoms. The van der Waals surface area contributed by atoms with Crippen LogP contribution in [0.25, 0.3) is 16.7 Å². The molecule has 1 aromatic heterocycles. The van der Waals surface area contributed by atoms with Crippen molar-refractivity contribution in [1.29, 1.82) is 0 Å². The summed E-state index contributed by atoms with van der Waals surface area (Å²) in [5.41, 5.74) is 6.40. The number of imidazole rings is 1. The maximum Gasteiger partial charge on any atom is 0.347 e. The number of aryl methyl sites for hydroxylation is 3. The third-order valence-electron chi connectivity index (χ3n) is 7.55. The van der Waals surface area contributed by atoms with Crippen LogP contribution in [0.15, 0.2) is 54.6 Å². The van der Waals surface area contributed by atoms with Crippen LogP contribution in [0.5, 0.6) is 11.5 Å². The van der Waals surface area contributed by atoms with Gasteiger partial charge < -0.3 is 9.84 Å². The van der Waals surface area contributed by atoms with Gasteiger partial charge >= 0.3 is 5.91 Å². The Hall–Kier alpha value is -3.64. The molecule has 6 nitrogen and oxygen atoms in total. The van der Waals surface area contributed by atoms with Crippen LogP contribution in [0, 0.1) is 20.8 Å². The number of benzene rings is 3. The quantitative estimate of drug-likeness (QED) is 0.289. The van der Waals surface area contributed by atoms with Gasteiger partial charge in [-0.1, -0.05) is 17.7 Å². The molecule has 0 radical (unpaired) electrons. The van der Waals surface area contributed by atoms with Gasteiger partial charge in [-0.25, -0.2) is 14.3 Å². The third kappa shape index (κ3) is 4.62. The van der Waals surface area contributed by atoms with E-state index in [-0.39, 0.29) is 28.2 Å². The van der Waals surface area contributed by atoms with Crippen LogP contribution in [-0.4, -0.2) is 44.2 Å². The standard InChI is InChI=1S/C31H37N3O3/c1-19(2)34(20(3)4,31(36)30-22(6)15-21(5)16-23(30)7)18-29-32-27-14-11-25(35)17-28(27)33(29)24-9-12-26(37-8)13-10-24/h9-17,19-20H,18H2,1-8H3/p+1. The highest BCUT2D eigenvalue weighted by Crippen LogP contribution is 2.33. The van der Waals surface area contributed by atoms with Crippen LogP contribution in [-0.2, 0) is 6.54 Å². The number of hydrogen-bond donors (Lipinski definition) is 1. The highest BCUT2D eigenvalue weighted by molar-refractivity contribution is 5.92. The molecule has 37 heavy (non-hydrogen) atoms. The molecule has 1 amide bonds. The number of fused-ring (bicyclic) bond motifs is 1. The van der Waals surface area contributed by atoms with Crippen LogP contribution in [0.4, 0.5) is 0 Å². The Bertz CT molecular complexity index is 1420. The summed E-state index contributed by atoms with van der Waals surface area (Å²) in [6, 6.07) is 17.2. The summed E-state index contributed by atoms with van der Waals surface area (Å²) < 4.78 is 7.63. The van der Waals surface area contributed by atoms with E-state index in [9.17, 15) is 9.90 Å². The van der Waals surface area contributed by atoms with E-state index in [0.717, 1.165) is 50.5 Å². The zero-order valence-electron chi connectivity index (χ0n) is 23.2. The number of carbonyl (C=O) groups is 1. The zero-order chi connectivity index (χ0) is 27.1. The molecule has 3 aromatic carbocycles. The number of phenolic OH excluding ortho intramolecular Hbond substituents is 1. The van der Waals surface area contributed by atoms with Crippen LogP contribution < -0.4 is 4.74 Å². The fourth-order valence-corrected chi connectivity index (χ4v) is 5.70. The number of methoxy groups -OCH3 is 1. The van der Waals surface area contributed by atoms with Crippen molar-refractivity contribution in [3.8, 4) is 17.2 Å². The third-order valence-corrected chi connectivity index (χ3v) is 7.55. The molecule has 0 aliphatic heterocycles. The predicted octanol–water partition coefficient (Wildman–Crippen LogP) is 6.64. The van der Waals surface area contributed by atoms with Gasteiger partial charge in [0.1, 0.15) is 18.0 Å². The normalized spacial score (nSPS) is 12.1. The van der Waals surface area contributed by atoms with Crippen molar-refractivity contribution >= 4 is 16.9 Å². The lowest BCUT2D eigenvalue weighted by molar-refractivity contribution is -0.904. The van der Waals surface area contributed by atoms with Gasteiger partial charge in [0.25, 0.3) is 0 Å². The summed E-state index contributed by atoms with van der Waals surface area (Å²) in [6.07, 6.45) is 0. The molecule has 194 valence electrons. The number of phenols is 1. The van der Waals surface area contributed by atoms with Crippen molar-refractivity contribution < 1.29 is 19.1 Å². The number of aromatic nitrogens is 2. The van der Waals surface area contributed by atoms with Gasteiger partial charge in [0, 0.05) is 11.8 Å². The molecular formula is C31H38N3O3+. The maximum atomic E-state index is 14.6. The number of rotatable bonds is 7. The lowest BCUT2D eigenvalue weighted by Gasteiger charge is -2.43. The Labute approximate surface area is 219 Å². The molecule has 0 saturated heterocycles. The van der Waals surface area contributed by atoms with Crippen molar-refractivity contribution in [3.63, 3.8) is 0 Å². The minimum atomic E-state index is 0.00476. The molecule has 0 spiro atoms. The SMILES string of the molecule is COc1ccc(-n2c(C[N+](C(=O)c3c(C)cc(C)cc3C)(C(C)C)C(C)C)nc3ccc(O)cc32)cc1. The molecule has 1 heterocycles. The van der Waals surface area contributed by atoms with E-state index < -0.39 is 0 Å². The second-order valence-electron chi connectivity index (χ2n) is 10.6. The summed E-state index contributed by atoms with van der Waals surface area (Å²) in [6.45, 7) is 15.0. The Morgan fingerprint density at radius 2 is 1.54 bits per heavy atom. The minimum absolute atomic E-state index is 0.00476. The van der Waals surface area contributed by atoms with E-state index in [1.165, 1.54) is 0 Å². The number of amides is 1. The largest absolute Gasteiger partial charge is 0.508 e. The van der Waals surface area contributed by atoms with Gasteiger partial charge in [0.2, 0.25) is 0 Å². The molecule has 0 fully saturated rings. The first-order chi connectivity index (χ1) is 17.5. The summed E-state index contributed by atoms with van der Waals surface area (Å²) in [5, 5.41) is 10.3. The molecule has 0 aliphatic carbocycles.